The van der Waals surface area contributed by atoms with Gasteiger partial charge >= 0.3 is 5.97 Å². The van der Waals surface area contributed by atoms with Gasteiger partial charge in [0.25, 0.3) is 5.91 Å². The lowest BCUT2D eigenvalue weighted by Gasteiger charge is -2.24. The Hall–Kier alpha value is -2.51. The second kappa shape index (κ2) is 9.10. The molecule has 8 heteroatoms. The number of nitrogens with one attached hydrogen (secondary N) is 2. The summed E-state index contributed by atoms with van der Waals surface area (Å²) in [5.74, 6) is -1.33. The first-order chi connectivity index (χ1) is 14.1. The molecule has 1 heterocycles. The molecule has 30 heavy (non-hydrogen) atoms. The van der Waals surface area contributed by atoms with Crippen LogP contribution in [-0.4, -0.2) is 29.1 Å². The maximum absolute atomic E-state index is 12.5. The normalized spacial score (nSPS) is 16.3. The Balaban J connectivity index is 1.59. The number of hydrogen-bond donors (Lipinski definition) is 2. The van der Waals surface area contributed by atoms with E-state index in [0.29, 0.717) is 16.4 Å². The molecule has 2 N–H and O–H groups in total. The van der Waals surface area contributed by atoms with Crippen LogP contribution in [0.4, 0.5) is 11.4 Å². The minimum Gasteiger partial charge on any atom is -0.452 e. The number of carbonyl (C=O) groups excluding carboxylic acids is 3. The maximum atomic E-state index is 12.5. The Morgan fingerprint density at radius 3 is 2.53 bits per heavy atom. The highest BCUT2D eigenvalue weighted by Crippen LogP contribution is 2.38. The van der Waals surface area contributed by atoms with Crippen LogP contribution in [0.1, 0.15) is 30.0 Å². The Labute approximate surface area is 184 Å². The van der Waals surface area contributed by atoms with Gasteiger partial charge < -0.3 is 15.4 Å². The largest absolute Gasteiger partial charge is 0.452 e. The van der Waals surface area contributed by atoms with Gasteiger partial charge in [0, 0.05) is 15.6 Å². The van der Waals surface area contributed by atoms with E-state index >= 15 is 0 Å². The molecule has 3 rings (SSSR count). The molecule has 2 atom stereocenters. The Morgan fingerprint density at radius 1 is 1.20 bits per heavy atom. The number of hydrogen-bond acceptors (Lipinski definition) is 5. The number of ether oxygens (including phenoxy) is 1. The number of halogens is 1. The molecule has 2 aromatic carbocycles. The SMILES string of the molecule is Cc1cc(C)c(NC(=O)[C@H](C)OC(=O)C[C@@H]2Sc3ccc(Cl)cc3NC2=O)c(C)c1. The molecule has 0 aliphatic carbocycles. The maximum Gasteiger partial charge on any atom is 0.308 e. The van der Waals surface area contributed by atoms with Crippen molar-refractivity contribution in [3.05, 3.63) is 52.0 Å². The van der Waals surface area contributed by atoms with Crippen molar-refractivity contribution in [3.8, 4) is 0 Å². The van der Waals surface area contributed by atoms with E-state index in [9.17, 15) is 14.4 Å². The zero-order valence-corrected chi connectivity index (χ0v) is 18.7. The van der Waals surface area contributed by atoms with Crippen molar-refractivity contribution in [2.75, 3.05) is 10.6 Å². The molecule has 0 bridgehead atoms. The second-order valence-electron chi connectivity index (χ2n) is 7.34. The van der Waals surface area contributed by atoms with E-state index in [4.69, 9.17) is 16.3 Å². The summed E-state index contributed by atoms with van der Waals surface area (Å²) >= 11 is 7.22. The second-order valence-corrected chi connectivity index (χ2v) is 9.02. The molecule has 0 radical (unpaired) electrons. The molecule has 0 saturated carbocycles. The number of rotatable bonds is 5. The fraction of sp³-hybridized carbons (Fsp3) is 0.318. The number of aryl methyl sites for hydroxylation is 3. The van der Waals surface area contributed by atoms with Crippen LogP contribution in [0.3, 0.4) is 0 Å². The lowest BCUT2D eigenvalue weighted by atomic mass is 10.0. The van der Waals surface area contributed by atoms with Gasteiger partial charge in [0.05, 0.1) is 17.4 Å². The van der Waals surface area contributed by atoms with Crippen LogP contribution in [0.15, 0.2) is 35.2 Å². The molecule has 158 valence electrons. The van der Waals surface area contributed by atoms with Crippen molar-refractivity contribution >= 4 is 52.5 Å². The smallest absolute Gasteiger partial charge is 0.308 e. The molecule has 1 aliphatic rings. The zero-order valence-electron chi connectivity index (χ0n) is 17.2. The minimum atomic E-state index is -0.986. The number of fused-ring (bicyclic) bond motifs is 1. The third kappa shape index (κ3) is 5.15. The number of carbonyl (C=O) groups is 3. The van der Waals surface area contributed by atoms with Crippen LogP contribution >= 0.6 is 23.4 Å². The molecule has 0 aromatic heterocycles. The van der Waals surface area contributed by atoms with Crippen LogP contribution < -0.4 is 10.6 Å². The number of esters is 1. The fourth-order valence-electron chi connectivity index (χ4n) is 3.31. The third-order valence-electron chi connectivity index (χ3n) is 4.72. The van der Waals surface area contributed by atoms with Crippen molar-refractivity contribution in [2.45, 2.75) is 50.4 Å². The fourth-order valence-corrected chi connectivity index (χ4v) is 4.56. The van der Waals surface area contributed by atoms with E-state index in [0.717, 1.165) is 21.6 Å². The third-order valence-corrected chi connectivity index (χ3v) is 6.23. The van der Waals surface area contributed by atoms with Crippen LogP contribution in [0, 0.1) is 20.8 Å². The van der Waals surface area contributed by atoms with Gasteiger partial charge in [-0.2, -0.15) is 0 Å². The van der Waals surface area contributed by atoms with Gasteiger partial charge in [-0.3, -0.25) is 14.4 Å². The molecule has 2 amide bonds. The Kier molecular flexibility index (Phi) is 6.73. The Morgan fingerprint density at radius 2 is 1.87 bits per heavy atom. The highest BCUT2D eigenvalue weighted by molar-refractivity contribution is 8.01. The first kappa shape index (κ1) is 22.2. The number of anilines is 2. The topological polar surface area (TPSA) is 84.5 Å². The highest BCUT2D eigenvalue weighted by atomic mass is 35.5. The van der Waals surface area contributed by atoms with Crippen molar-refractivity contribution in [1.29, 1.82) is 0 Å². The van der Waals surface area contributed by atoms with Crippen LogP contribution in [0.2, 0.25) is 5.02 Å². The first-order valence-corrected chi connectivity index (χ1v) is 10.7. The van der Waals surface area contributed by atoms with Gasteiger partial charge in [0.1, 0.15) is 0 Å². The average molecular weight is 447 g/mol. The standard InChI is InChI=1S/C22H23ClN2O4S/c1-11-7-12(2)20(13(3)8-11)25-21(27)14(4)29-19(26)10-18-22(28)24-16-9-15(23)5-6-17(16)30-18/h5-9,14,18H,10H2,1-4H3,(H,24,28)(H,25,27)/t14-,18-/m0/s1. The molecule has 6 nitrogen and oxygen atoms in total. The number of benzene rings is 2. The van der Waals surface area contributed by atoms with Crippen LogP contribution in [0.25, 0.3) is 0 Å². The lowest BCUT2D eigenvalue weighted by Crippen LogP contribution is -2.34. The summed E-state index contributed by atoms with van der Waals surface area (Å²) in [4.78, 5) is 38.0. The minimum absolute atomic E-state index is 0.140. The molecule has 0 spiro atoms. The van der Waals surface area contributed by atoms with Gasteiger partial charge in [-0.25, -0.2) is 0 Å². The summed E-state index contributed by atoms with van der Waals surface area (Å²) < 4.78 is 5.28. The lowest BCUT2D eigenvalue weighted by molar-refractivity contribution is -0.153. The zero-order chi connectivity index (χ0) is 22.0. The van der Waals surface area contributed by atoms with Gasteiger partial charge in [0.2, 0.25) is 5.91 Å². The highest BCUT2D eigenvalue weighted by Gasteiger charge is 2.31. The van der Waals surface area contributed by atoms with Gasteiger partial charge in [-0.1, -0.05) is 29.3 Å². The van der Waals surface area contributed by atoms with Crippen molar-refractivity contribution in [3.63, 3.8) is 0 Å². The van der Waals surface area contributed by atoms with Gasteiger partial charge in [0.15, 0.2) is 6.10 Å². The monoisotopic (exact) mass is 446 g/mol. The van der Waals surface area contributed by atoms with Gasteiger partial charge in [-0.15, -0.1) is 11.8 Å². The van der Waals surface area contributed by atoms with E-state index < -0.39 is 23.2 Å². The van der Waals surface area contributed by atoms with E-state index in [1.54, 1.807) is 18.2 Å². The summed E-state index contributed by atoms with van der Waals surface area (Å²) in [7, 11) is 0. The number of amides is 2. The molecule has 1 aliphatic heterocycles. The summed E-state index contributed by atoms with van der Waals surface area (Å²) in [6.07, 6.45) is -1.13. The Bertz CT molecular complexity index is 1000. The van der Waals surface area contributed by atoms with Crippen molar-refractivity contribution in [1.82, 2.24) is 0 Å². The predicted octanol–water partition coefficient (Wildman–Crippen LogP) is 4.64. The molecule has 0 fully saturated rings. The van der Waals surface area contributed by atoms with Crippen LogP contribution in [-0.2, 0) is 19.1 Å². The quantitative estimate of drug-likeness (QED) is 0.653. The molecule has 2 aromatic rings. The average Bonchev–Trinajstić information content (AvgIpc) is 2.65. The molecule has 0 unspecified atom stereocenters. The summed E-state index contributed by atoms with van der Waals surface area (Å²) in [5.41, 5.74) is 4.32. The number of thioether (sulfide) groups is 1. The first-order valence-electron chi connectivity index (χ1n) is 9.49. The van der Waals surface area contributed by atoms with E-state index in [-0.39, 0.29) is 12.3 Å². The summed E-state index contributed by atoms with van der Waals surface area (Å²) in [6, 6.07) is 9.13. The summed E-state index contributed by atoms with van der Waals surface area (Å²) in [5, 5.41) is 5.46. The van der Waals surface area contributed by atoms with Crippen molar-refractivity contribution in [2.24, 2.45) is 0 Å². The summed E-state index contributed by atoms with van der Waals surface area (Å²) in [6.45, 7) is 7.33. The van der Waals surface area contributed by atoms with Crippen LogP contribution in [0.5, 0.6) is 0 Å². The van der Waals surface area contributed by atoms with E-state index in [1.165, 1.54) is 18.7 Å². The predicted molar refractivity (Wildman–Crippen MR) is 119 cm³/mol. The van der Waals surface area contributed by atoms with E-state index in [2.05, 4.69) is 10.6 Å². The molecule has 0 saturated heterocycles. The van der Waals surface area contributed by atoms with Gasteiger partial charge in [-0.05, 0) is 57.0 Å². The molecular formula is C22H23ClN2O4S. The van der Waals surface area contributed by atoms with E-state index in [1.807, 2.05) is 32.9 Å². The molecular weight excluding hydrogens is 424 g/mol. The van der Waals surface area contributed by atoms with Crippen molar-refractivity contribution < 1.29 is 19.1 Å².